The number of nitrogens with zero attached hydrogens (tertiary/aromatic N) is 1. The topological polar surface area (TPSA) is 78.1 Å². The van der Waals surface area contributed by atoms with Crippen LogP contribution in [0.25, 0.3) is 11.1 Å². The zero-order valence-corrected chi connectivity index (χ0v) is 6.45. The van der Waals surface area contributed by atoms with Gasteiger partial charge in [-0.1, -0.05) is 12.1 Å². The lowest BCUT2D eigenvalue weighted by Gasteiger charge is -1.93. The van der Waals surface area contributed by atoms with Gasteiger partial charge in [-0.15, -0.1) is 0 Å². The third-order valence-electron chi connectivity index (χ3n) is 1.74. The van der Waals surface area contributed by atoms with Crippen molar-refractivity contribution in [2.45, 2.75) is 6.54 Å². The van der Waals surface area contributed by atoms with Crippen LogP contribution in [0.3, 0.4) is 0 Å². The largest absolute Gasteiger partial charge is 0.424 e. The zero-order chi connectivity index (χ0) is 8.55. The minimum atomic E-state index is 0.186. The highest BCUT2D eigenvalue weighted by molar-refractivity contribution is 5.77. The summed E-state index contributed by atoms with van der Waals surface area (Å²) in [6, 6.07) is 5.78. The highest BCUT2D eigenvalue weighted by Gasteiger charge is 2.05. The summed E-state index contributed by atoms with van der Waals surface area (Å²) < 4.78 is 5.12. The lowest BCUT2D eigenvalue weighted by atomic mass is 10.2. The lowest BCUT2D eigenvalue weighted by Crippen LogP contribution is -1.96. The molecule has 0 unspecified atom stereocenters. The van der Waals surface area contributed by atoms with E-state index in [0.717, 1.165) is 11.1 Å². The van der Waals surface area contributed by atoms with Gasteiger partial charge in [0.15, 0.2) is 5.58 Å². The van der Waals surface area contributed by atoms with Gasteiger partial charge in [-0.25, -0.2) is 0 Å². The number of fused-ring (bicyclic) bond motifs is 1. The minimum Gasteiger partial charge on any atom is -0.424 e. The maximum Gasteiger partial charge on any atom is 0.292 e. The van der Waals surface area contributed by atoms with Crippen molar-refractivity contribution in [3.8, 4) is 0 Å². The van der Waals surface area contributed by atoms with E-state index in [1.54, 1.807) is 0 Å². The molecule has 0 radical (unpaired) electrons. The molecule has 0 atom stereocenters. The SMILES string of the molecule is NCc1cccc2oc(N)nc12. The van der Waals surface area contributed by atoms with Gasteiger partial charge >= 0.3 is 0 Å². The molecule has 0 aliphatic carbocycles. The van der Waals surface area contributed by atoms with Gasteiger partial charge < -0.3 is 15.9 Å². The fourth-order valence-electron chi connectivity index (χ4n) is 1.19. The molecule has 0 amide bonds. The summed E-state index contributed by atoms with van der Waals surface area (Å²) in [6.45, 7) is 0.448. The molecule has 0 spiro atoms. The standard InChI is InChI=1S/C8H9N3O/c9-4-5-2-1-3-6-7(5)11-8(10)12-6/h1-3H,4,9H2,(H2,10,11). The van der Waals surface area contributed by atoms with Gasteiger partial charge in [0.1, 0.15) is 5.52 Å². The van der Waals surface area contributed by atoms with Crippen molar-refractivity contribution in [2.75, 3.05) is 5.73 Å². The van der Waals surface area contributed by atoms with Crippen LogP contribution in [0.15, 0.2) is 22.6 Å². The van der Waals surface area contributed by atoms with Crippen molar-refractivity contribution in [2.24, 2.45) is 5.73 Å². The molecule has 0 aliphatic rings. The Morgan fingerprint density at radius 3 is 3.00 bits per heavy atom. The van der Waals surface area contributed by atoms with Gasteiger partial charge in [-0.05, 0) is 11.6 Å². The first-order valence-corrected chi connectivity index (χ1v) is 3.65. The van der Waals surface area contributed by atoms with Crippen molar-refractivity contribution in [3.05, 3.63) is 23.8 Å². The fourth-order valence-corrected chi connectivity index (χ4v) is 1.19. The fraction of sp³-hybridized carbons (Fsp3) is 0.125. The molecular weight excluding hydrogens is 154 g/mol. The molecule has 12 heavy (non-hydrogen) atoms. The van der Waals surface area contributed by atoms with Crippen LogP contribution in [0, 0.1) is 0 Å². The molecule has 62 valence electrons. The lowest BCUT2D eigenvalue weighted by molar-refractivity contribution is 0.626. The summed E-state index contributed by atoms with van der Waals surface area (Å²) in [5.41, 5.74) is 13.3. The van der Waals surface area contributed by atoms with Gasteiger partial charge in [0.25, 0.3) is 6.01 Å². The number of nitrogens with two attached hydrogens (primary N) is 2. The van der Waals surface area contributed by atoms with E-state index in [-0.39, 0.29) is 6.01 Å². The molecule has 1 aromatic heterocycles. The van der Waals surface area contributed by atoms with Crippen LogP contribution in [0.5, 0.6) is 0 Å². The Bertz CT molecular complexity index is 408. The molecule has 0 bridgehead atoms. The van der Waals surface area contributed by atoms with Crippen LogP contribution in [0.2, 0.25) is 0 Å². The normalized spacial score (nSPS) is 10.8. The molecule has 4 heteroatoms. The van der Waals surface area contributed by atoms with Gasteiger partial charge in [0, 0.05) is 6.54 Å². The third kappa shape index (κ3) is 0.931. The van der Waals surface area contributed by atoms with Crippen molar-refractivity contribution < 1.29 is 4.42 Å². The smallest absolute Gasteiger partial charge is 0.292 e. The Morgan fingerprint density at radius 1 is 1.42 bits per heavy atom. The van der Waals surface area contributed by atoms with E-state index < -0.39 is 0 Å². The Hall–Kier alpha value is -1.55. The molecular formula is C8H9N3O. The molecule has 0 aliphatic heterocycles. The molecule has 0 saturated heterocycles. The Labute approximate surface area is 69.2 Å². The first-order chi connectivity index (χ1) is 5.81. The number of oxazole rings is 1. The molecule has 1 aromatic carbocycles. The second-order valence-corrected chi connectivity index (χ2v) is 2.52. The highest BCUT2D eigenvalue weighted by Crippen LogP contribution is 2.19. The average molecular weight is 163 g/mol. The van der Waals surface area contributed by atoms with E-state index in [1.807, 2.05) is 18.2 Å². The number of hydrogen-bond acceptors (Lipinski definition) is 4. The molecule has 0 fully saturated rings. The van der Waals surface area contributed by atoms with Crippen molar-refractivity contribution in [1.29, 1.82) is 0 Å². The molecule has 4 nitrogen and oxygen atoms in total. The highest BCUT2D eigenvalue weighted by atomic mass is 16.4. The molecule has 1 heterocycles. The monoisotopic (exact) mass is 163 g/mol. The molecule has 2 rings (SSSR count). The van der Waals surface area contributed by atoms with Gasteiger partial charge in [-0.3, -0.25) is 0 Å². The van der Waals surface area contributed by atoms with Crippen molar-refractivity contribution in [3.63, 3.8) is 0 Å². The molecule has 0 saturated carbocycles. The van der Waals surface area contributed by atoms with Gasteiger partial charge in [0.05, 0.1) is 0 Å². The van der Waals surface area contributed by atoms with E-state index in [4.69, 9.17) is 15.9 Å². The summed E-state index contributed by atoms with van der Waals surface area (Å²) in [4.78, 5) is 4.02. The van der Waals surface area contributed by atoms with Crippen LogP contribution < -0.4 is 11.5 Å². The number of rotatable bonds is 1. The molecule has 2 aromatic rings. The van der Waals surface area contributed by atoms with Crippen LogP contribution in [-0.4, -0.2) is 4.98 Å². The van der Waals surface area contributed by atoms with E-state index in [1.165, 1.54) is 0 Å². The van der Waals surface area contributed by atoms with E-state index in [9.17, 15) is 0 Å². The zero-order valence-electron chi connectivity index (χ0n) is 6.45. The van der Waals surface area contributed by atoms with Crippen molar-refractivity contribution >= 4 is 17.1 Å². The second-order valence-electron chi connectivity index (χ2n) is 2.52. The van der Waals surface area contributed by atoms with Crippen LogP contribution in [0.4, 0.5) is 6.01 Å². The van der Waals surface area contributed by atoms with E-state index in [2.05, 4.69) is 4.98 Å². The maximum absolute atomic E-state index is 5.50. The summed E-state index contributed by atoms with van der Waals surface area (Å²) in [7, 11) is 0. The number of hydrogen-bond donors (Lipinski definition) is 2. The van der Waals surface area contributed by atoms with Crippen molar-refractivity contribution in [1.82, 2.24) is 4.98 Å². The Kier molecular flexibility index (Phi) is 1.48. The first kappa shape index (κ1) is 7.12. The number of anilines is 1. The quantitative estimate of drug-likeness (QED) is 0.653. The van der Waals surface area contributed by atoms with E-state index >= 15 is 0 Å². The summed E-state index contributed by atoms with van der Waals surface area (Å²) in [6.07, 6.45) is 0. The number of aromatic nitrogens is 1. The predicted octanol–water partition coefficient (Wildman–Crippen LogP) is 0.869. The van der Waals surface area contributed by atoms with E-state index in [0.29, 0.717) is 12.1 Å². The molecule has 4 N–H and O–H groups in total. The second kappa shape index (κ2) is 2.49. The number of benzene rings is 1. The third-order valence-corrected chi connectivity index (χ3v) is 1.74. The number of nitrogen functional groups attached to an aromatic ring is 1. The summed E-state index contributed by atoms with van der Waals surface area (Å²) in [5, 5.41) is 0. The van der Waals surface area contributed by atoms with Crippen LogP contribution in [0.1, 0.15) is 5.56 Å². The van der Waals surface area contributed by atoms with Gasteiger partial charge in [-0.2, -0.15) is 4.98 Å². The summed E-state index contributed by atoms with van der Waals surface area (Å²) >= 11 is 0. The average Bonchev–Trinajstić information content (AvgIpc) is 2.44. The maximum atomic E-state index is 5.50. The Morgan fingerprint density at radius 2 is 2.25 bits per heavy atom. The number of para-hydroxylation sites is 1. The first-order valence-electron chi connectivity index (χ1n) is 3.65. The minimum absolute atomic E-state index is 0.186. The van der Waals surface area contributed by atoms with Crippen LogP contribution in [-0.2, 0) is 6.54 Å². The predicted molar refractivity (Wildman–Crippen MR) is 46.3 cm³/mol. The van der Waals surface area contributed by atoms with Crippen LogP contribution >= 0.6 is 0 Å². The van der Waals surface area contributed by atoms with Gasteiger partial charge in [0.2, 0.25) is 0 Å². The summed E-state index contributed by atoms with van der Waals surface area (Å²) in [5.74, 6) is 0. The Balaban J connectivity index is 2.78.